The number of hydroxylamine groups is 1. The number of halogens is 7. The van der Waals surface area contributed by atoms with Gasteiger partial charge < -0.3 is 9.47 Å². The first-order valence-corrected chi connectivity index (χ1v) is 15.3. The number of rotatable bonds is 9. The molecule has 252 valence electrons. The van der Waals surface area contributed by atoms with Crippen LogP contribution in [-0.2, 0) is 9.63 Å². The Morgan fingerprint density at radius 1 is 1.08 bits per heavy atom. The van der Waals surface area contributed by atoms with Crippen LogP contribution in [0, 0.1) is 0 Å². The van der Waals surface area contributed by atoms with Gasteiger partial charge in [-0.3, -0.25) is 14.5 Å². The van der Waals surface area contributed by atoms with E-state index in [0.717, 1.165) is 22.2 Å². The quantitative estimate of drug-likeness (QED) is 0.107. The van der Waals surface area contributed by atoms with Crippen molar-refractivity contribution in [1.29, 1.82) is 0 Å². The molecule has 4 aromatic rings. The van der Waals surface area contributed by atoms with Gasteiger partial charge in [-0.1, -0.05) is 47.6 Å². The number of amides is 1. The fourth-order valence-electron chi connectivity index (χ4n) is 4.17. The minimum absolute atomic E-state index is 0.0227. The summed E-state index contributed by atoms with van der Waals surface area (Å²) >= 11 is 12.3. The van der Waals surface area contributed by atoms with Crippen LogP contribution in [0.15, 0.2) is 78.0 Å². The van der Waals surface area contributed by atoms with Crippen molar-refractivity contribution in [1.82, 2.24) is 20.2 Å². The second-order valence-corrected chi connectivity index (χ2v) is 11.5. The number of aromatic nitrogens is 3. The zero-order valence-corrected chi connectivity index (χ0v) is 26.6. The maximum Gasteiger partial charge on any atom is 0.573 e. The van der Waals surface area contributed by atoms with Gasteiger partial charge >= 0.3 is 12.5 Å². The van der Waals surface area contributed by atoms with Crippen LogP contribution in [0.3, 0.4) is 0 Å². The highest BCUT2D eigenvalue weighted by Crippen LogP contribution is 2.37. The molecule has 1 unspecified atom stereocenters. The first kappa shape index (κ1) is 34.9. The van der Waals surface area contributed by atoms with Crippen LogP contribution in [0.4, 0.5) is 32.0 Å². The van der Waals surface area contributed by atoms with Crippen molar-refractivity contribution in [2.45, 2.75) is 25.6 Å². The zero-order chi connectivity index (χ0) is 34.6. The molecular formula is C29H21ClF6N6O4S2. The number of alkyl halides is 6. The van der Waals surface area contributed by atoms with Crippen LogP contribution in [-0.4, -0.2) is 55.9 Å². The molecular weight excluding hydrogens is 710 g/mol. The van der Waals surface area contributed by atoms with Gasteiger partial charge in [0.15, 0.2) is 17.6 Å². The molecule has 19 heteroatoms. The Bertz CT molecular complexity index is 1820. The van der Waals surface area contributed by atoms with E-state index in [1.807, 2.05) is 0 Å². The highest BCUT2D eigenvalue weighted by molar-refractivity contribution is 8.15. The molecule has 2 heterocycles. The molecule has 1 aliphatic rings. The van der Waals surface area contributed by atoms with Gasteiger partial charge in [-0.05, 0) is 67.2 Å². The largest absolute Gasteiger partial charge is 0.573 e. The lowest BCUT2D eigenvalue weighted by atomic mass is 10.1. The van der Waals surface area contributed by atoms with Gasteiger partial charge in [-0.2, -0.15) is 18.2 Å². The van der Waals surface area contributed by atoms with Gasteiger partial charge in [0.05, 0.1) is 17.1 Å². The van der Waals surface area contributed by atoms with Crippen molar-refractivity contribution < 1.29 is 45.4 Å². The summed E-state index contributed by atoms with van der Waals surface area (Å²) in [5.41, 5.74) is 4.36. The number of hydrogen-bond donors (Lipinski definition) is 1. The Labute approximate surface area is 282 Å². The molecule has 1 fully saturated rings. The smallest absolute Gasteiger partial charge is 0.482 e. The summed E-state index contributed by atoms with van der Waals surface area (Å²) < 4.78 is 85.8. The second kappa shape index (κ2) is 14.4. The lowest BCUT2D eigenvalue weighted by Crippen LogP contribution is -2.32. The number of carbonyl (C=O) groups is 1. The lowest BCUT2D eigenvalue weighted by Gasteiger charge is -2.21. The van der Waals surface area contributed by atoms with Gasteiger partial charge in [-0.15, -0.1) is 18.3 Å². The molecule has 1 aromatic heterocycles. The number of ether oxygens (including phenoxy) is 2. The number of hydrogen-bond acceptors (Lipinski definition) is 8. The van der Waals surface area contributed by atoms with Crippen LogP contribution in [0.2, 0.25) is 5.02 Å². The summed E-state index contributed by atoms with van der Waals surface area (Å²) in [6, 6.07) is 16.0. The van der Waals surface area contributed by atoms with Gasteiger partial charge in [0.1, 0.15) is 23.9 Å². The standard InChI is InChI=1S/C29H21ClF6N6O4S2/c1-16(17-2-4-18(5-3-17)25-37-15-41(39-25)20-7-9-21(10-8-20)45-29(34,35)36)46-40-26(47)38-27-42(24(43)13-48-27)22-12-19(30)6-11-23(22)44-14-28(31,32)33/h2-12,15-16H,13-14H2,1H3,(H,40,47). The fraction of sp³-hybridized carbons (Fsp3) is 0.207. The van der Waals surface area contributed by atoms with E-state index in [0.29, 0.717) is 17.1 Å². The van der Waals surface area contributed by atoms with E-state index in [1.54, 1.807) is 31.2 Å². The Morgan fingerprint density at radius 2 is 1.79 bits per heavy atom. The van der Waals surface area contributed by atoms with E-state index in [-0.39, 0.29) is 38.2 Å². The maximum absolute atomic E-state index is 12.8. The molecule has 0 aliphatic carbocycles. The molecule has 1 saturated heterocycles. The number of thiocarbonyl (C=S) groups is 1. The Morgan fingerprint density at radius 3 is 2.46 bits per heavy atom. The average Bonchev–Trinajstić information content (AvgIpc) is 3.65. The fourth-order valence-corrected chi connectivity index (χ4v) is 5.39. The lowest BCUT2D eigenvalue weighted by molar-refractivity contribution is -0.274. The van der Waals surface area contributed by atoms with Crippen LogP contribution < -0.4 is 19.9 Å². The predicted molar refractivity (Wildman–Crippen MR) is 169 cm³/mol. The molecule has 1 atom stereocenters. The van der Waals surface area contributed by atoms with Gasteiger partial charge in [0.25, 0.3) is 0 Å². The van der Waals surface area contributed by atoms with Crippen molar-refractivity contribution in [2.24, 2.45) is 4.99 Å². The summed E-state index contributed by atoms with van der Waals surface area (Å²) in [7, 11) is 0. The Kier molecular flexibility index (Phi) is 10.5. The number of carbonyl (C=O) groups excluding carboxylic acids is 1. The summed E-state index contributed by atoms with van der Waals surface area (Å²) in [4.78, 5) is 27.9. The van der Waals surface area contributed by atoms with E-state index in [9.17, 15) is 31.1 Å². The summed E-state index contributed by atoms with van der Waals surface area (Å²) in [6.45, 7) is 0.157. The highest BCUT2D eigenvalue weighted by atomic mass is 35.5. The number of nitrogens with one attached hydrogen (secondary N) is 1. The number of amidine groups is 1. The first-order chi connectivity index (χ1) is 22.6. The van der Waals surface area contributed by atoms with Crippen LogP contribution >= 0.6 is 35.6 Å². The molecule has 3 aromatic carbocycles. The number of aliphatic imine (C=N–C) groups is 1. The van der Waals surface area contributed by atoms with Crippen LogP contribution in [0.1, 0.15) is 18.6 Å². The summed E-state index contributed by atoms with van der Waals surface area (Å²) in [6.07, 6.45) is -8.53. The van der Waals surface area contributed by atoms with E-state index < -0.39 is 31.2 Å². The van der Waals surface area contributed by atoms with E-state index in [2.05, 4.69) is 25.3 Å². The molecule has 0 spiro atoms. The number of benzene rings is 3. The Hall–Kier alpha value is -4.39. The molecule has 10 nitrogen and oxygen atoms in total. The van der Waals surface area contributed by atoms with Crippen molar-refractivity contribution in [3.63, 3.8) is 0 Å². The molecule has 1 aliphatic heterocycles. The van der Waals surface area contributed by atoms with Crippen molar-refractivity contribution in [3.05, 3.63) is 83.6 Å². The zero-order valence-electron chi connectivity index (χ0n) is 24.3. The Balaban J connectivity index is 1.20. The molecule has 1 amide bonds. The predicted octanol–water partition coefficient (Wildman–Crippen LogP) is 7.43. The molecule has 0 bridgehead atoms. The third-order valence-electron chi connectivity index (χ3n) is 6.30. The highest BCUT2D eigenvalue weighted by Gasteiger charge is 2.34. The minimum Gasteiger partial charge on any atom is -0.482 e. The average molecular weight is 731 g/mol. The SMILES string of the molecule is CC(ONC(=S)N=C1SCC(=O)N1c1cc(Cl)ccc1OCC(F)(F)F)c1ccc(-c2ncn(-c3ccc(OC(F)(F)F)cc3)n2)cc1. The van der Waals surface area contributed by atoms with E-state index in [4.69, 9.17) is 33.4 Å². The number of nitrogens with zero attached hydrogens (tertiary/aromatic N) is 5. The third kappa shape index (κ3) is 9.15. The maximum atomic E-state index is 12.8. The van der Waals surface area contributed by atoms with E-state index >= 15 is 0 Å². The normalized spacial score (nSPS) is 15.1. The molecule has 0 saturated carbocycles. The van der Waals surface area contributed by atoms with E-state index in [1.165, 1.54) is 53.5 Å². The topological polar surface area (TPSA) is 103 Å². The monoisotopic (exact) mass is 730 g/mol. The third-order valence-corrected chi connectivity index (χ3v) is 7.64. The molecule has 0 radical (unpaired) electrons. The first-order valence-electron chi connectivity index (χ1n) is 13.5. The van der Waals surface area contributed by atoms with Crippen LogP contribution in [0.5, 0.6) is 11.5 Å². The minimum atomic E-state index is -4.79. The van der Waals surface area contributed by atoms with Crippen molar-refractivity contribution in [3.8, 4) is 28.6 Å². The molecule has 5 rings (SSSR count). The van der Waals surface area contributed by atoms with Gasteiger partial charge in [-0.25, -0.2) is 15.1 Å². The van der Waals surface area contributed by atoms with Crippen molar-refractivity contribution >= 4 is 57.5 Å². The number of anilines is 1. The molecule has 1 N–H and O–H groups in total. The second-order valence-electron chi connectivity index (χ2n) is 9.77. The van der Waals surface area contributed by atoms with Gasteiger partial charge in [0, 0.05) is 10.6 Å². The van der Waals surface area contributed by atoms with Gasteiger partial charge in [0.2, 0.25) is 11.0 Å². The summed E-state index contributed by atoms with van der Waals surface area (Å²) in [5, 5.41) is 4.46. The molecule has 48 heavy (non-hydrogen) atoms. The number of thioether (sulfide) groups is 1. The van der Waals surface area contributed by atoms with Crippen molar-refractivity contribution in [2.75, 3.05) is 17.3 Å². The summed E-state index contributed by atoms with van der Waals surface area (Å²) in [5.74, 6) is -0.737. The van der Waals surface area contributed by atoms with Crippen LogP contribution in [0.25, 0.3) is 17.1 Å².